The Labute approximate surface area is 78.5 Å². The van der Waals surface area contributed by atoms with Crippen LogP contribution in [0.25, 0.3) is 0 Å². The fraction of sp³-hybridized carbons (Fsp3) is 1.00. The summed E-state index contributed by atoms with van der Waals surface area (Å²) in [6.45, 7) is 7.00. The number of unbranched alkanes of at least 4 members (excludes halogenated alkanes) is 2. The quantitative estimate of drug-likeness (QED) is 0.345. The van der Waals surface area contributed by atoms with E-state index in [9.17, 15) is 0 Å². The maximum absolute atomic E-state index is 5.76. The molecule has 0 atom stereocenters. The second-order valence-electron chi connectivity index (χ2n) is 4.06. The Morgan fingerprint density at radius 1 is 1.27 bits per heavy atom. The van der Waals surface area contributed by atoms with Gasteiger partial charge in [-0.05, 0) is 5.04 Å². The predicted molar refractivity (Wildman–Crippen MR) is 57.4 cm³/mol. The van der Waals surface area contributed by atoms with Crippen LogP contribution >= 0.6 is 11.6 Å². The van der Waals surface area contributed by atoms with Crippen LogP contribution in [-0.4, -0.2) is 15.0 Å². The summed E-state index contributed by atoms with van der Waals surface area (Å²) in [6, 6.07) is 0. The SMILES string of the molecule is CCCCCC(C)(C)[SiH2]CCl. The first-order valence-corrected chi connectivity index (χ1v) is 6.92. The van der Waals surface area contributed by atoms with Crippen molar-refractivity contribution in [2.75, 3.05) is 5.50 Å². The van der Waals surface area contributed by atoms with E-state index in [-0.39, 0.29) is 9.52 Å². The van der Waals surface area contributed by atoms with Crippen LogP contribution in [0, 0.1) is 0 Å². The average Bonchev–Trinajstić information content (AvgIpc) is 1.87. The molecule has 0 rings (SSSR count). The third kappa shape index (κ3) is 6.89. The minimum Gasteiger partial charge on any atom is -0.131 e. The van der Waals surface area contributed by atoms with E-state index < -0.39 is 0 Å². The van der Waals surface area contributed by atoms with Crippen molar-refractivity contribution in [3.8, 4) is 0 Å². The molecule has 0 aliphatic heterocycles. The summed E-state index contributed by atoms with van der Waals surface area (Å²) in [7, 11) is -0.0129. The second-order valence-corrected chi connectivity index (χ2v) is 7.99. The van der Waals surface area contributed by atoms with E-state index in [4.69, 9.17) is 11.6 Å². The van der Waals surface area contributed by atoms with E-state index in [2.05, 4.69) is 20.8 Å². The van der Waals surface area contributed by atoms with E-state index in [0.29, 0.717) is 5.04 Å². The van der Waals surface area contributed by atoms with Gasteiger partial charge in [-0.1, -0.05) is 46.5 Å². The van der Waals surface area contributed by atoms with E-state index in [1.165, 1.54) is 25.7 Å². The standard InChI is InChI=1S/C9H21ClSi/c1-4-5-6-7-9(2,3)11-8-10/h4-8,11H2,1-3H3. The Kier molecular flexibility index (Phi) is 6.35. The van der Waals surface area contributed by atoms with Crippen molar-refractivity contribution in [3.05, 3.63) is 0 Å². The van der Waals surface area contributed by atoms with Crippen LogP contribution < -0.4 is 0 Å². The van der Waals surface area contributed by atoms with Gasteiger partial charge in [0.25, 0.3) is 0 Å². The monoisotopic (exact) mass is 192 g/mol. The molecule has 0 aliphatic carbocycles. The largest absolute Gasteiger partial charge is 0.131 e. The van der Waals surface area contributed by atoms with Crippen molar-refractivity contribution < 1.29 is 0 Å². The van der Waals surface area contributed by atoms with E-state index >= 15 is 0 Å². The minimum absolute atomic E-state index is 0.0129. The Balaban J connectivity index is 3.38. The summed E-state index contributed by atoms with van der Waals surface area (Å²) in [4.78, 5) is 0. The molecule has 0 nitrogen and oxygen atoms in total. The molecule has 0 N–H and O–H groups in total. The molecule has 0 amide bonds. The normalized spacial score (nSPS) is 13.1. The first kappa shape index (κ1) is 11.5. The molecule has 2 heteroatoms. The van der Waals surface area contributed by atoms with E-state index in [1.54, 1.807) is 0 Å². The summed E-state index contributed by atoms with van der Waals surface area (Å²) in [5.41, 5.74) is 0.944. The van der Waals surface area contributed by atoms with Crippen molar-refractivity contribution in [2.24, 2.45) is 0 Å². The zero-order valence-electron chi connectivity index (χ0n) is 8.12. The topological polar surface area (TPSA) is 0 Å². The van der Waals surface area contributed by atoms with Gasteiger partial charge < -0.3 is 0 Å². The highest BCUT2D eigenvalue weighted by Crippen LogP contribution is 2.30. The van der Waals surface area contributed by atoms with Gasteiger partial charge in [-0.2, -0.15) is 0 Å². The molecule has 0 aliphatic rings. The molecule has 0 fully saturated rings. The molecule has 0 spiro atoms. The third-order valence-corrected chi connectivity index (χ3v) is 4.69. The second kappa shape index (κ2) is 6.07. The lowest BCUT2D eigenvalue weighted by atomic mass is 10.0. The van der Waals surface area contributed by atoms with Crippen LogP contribution in [0.4, 0.5) is 0 Å². The Morgan fingerprint density at radius 2 is 1.91 bits per heavy atom. The Bertz CT molecular complexity index is 91.6. The average molecular weight is 193 g/mol. The molecule has 0 unspecified atom stereocenters. The number of alkyl halides is 1. The van der Waals surface area contributed by atoms with Crippen molar-refractivity contribution in [1.82, 2.24) is 0 Å². The van der Waals surface area contributed by atoms with Gasteiger partial charge in [-0.25, -0.2) is 0 Å². The molecule has 68 valence electrons. The van der Waals surface area contributed by atoms with Gasteiger partial charge in [0.2, 0.25) is 0 Å². The number of hydrogen-bond donors (Lipinski definition) is 0. The number of rotatable bonds is 6. The Hall–Kier alpha value is 0.507. The molecule has 0 saturated heterocycles. The summed E-state index contributed by atoms with van der Waals surface area (Å²) in [5.74, 6) is 0. The molecular weight excluding hydrogens is 172 g/mol. The first-order chi connectivity index (χ1) is 5.12. The predicted octanol–water partition coefficient (Wildman–Crippen LogP) is 3.13. The Morgan fingerprint density at radius 3 is 2.36 bits per heavy atom. The smallest absolute Gasteiger partial charge is 0.0440 e. The fourth-order valence-electron chi connectivity index (χ4n) is 1.23. The summed E-state index contributed by atoms with van der Waals surface area (Å²) < 4.78 is 0. The molecule has 0 aromatic heterocycles. The van der Waals surface area contributed by atoms with Crippen LogP contribution in [0.15, 0.2) is 0 Å². The summed E-state index contributed by atoms with van der Waals surface area (Å²) in [6.07, 6.45) is 5.51. The highest BCUT2D eigenvalue weighted by molar-refractivity contribution is 6.52. The van der Waals surface area contributed by atoms with Gasteiger partial charge in [-0.3, -0.25) is 0 Å². The van der Waals surface area contributed by atoms with Crippen molar-refractivity contribution >= 4 is 21.1 Å². The van der Waals surface area contributed by atoms with Crippen LogP contribution in [0.3, 0.4) is 0 Å². The number of hydrogen-bond acceptors (Lipinski definition) is 0. The van der Waals surface area contributed by atoms with Gasteiger partial charge in [0.05, 0.1) is 0 Å². The molecule has 0 heterocycles. The molecule has 11 heavy (non-hydrogen) atoms. The lowest BCUT2D eigenvalue weighted by Gasteiger charge is -2.22. The molecular formula is C9H21ClSi. The van der Waals surface area contributed by atoms with Gasteiger partial charge >= 0.3 is 0 Å². The van der Waals surface area contributed by atoms with Crippen LogP contribution in [0.1, 0.15) is 46.5 Å². The van der Waals surface area contributed by atoms with Crippen LogP contribution in [-0.2, 0) is 0 Å². The molecule has 0 bridgehead atoms. The van der Waals surface area contributed by atoms with Crippen molar-refractivity contribution in [1.29, 1.82) is 0 Å². The summed E-state index contributed by atoms with van der Waals surface area (Å²) in [5, 5.41) is 0.608. The lowest BCUT2D eigenvalue weighted by molar-refractivity contribution is 0.548. The van der Waals surface area contributed by atoms with Crippen LogP contribution in [0.2, 0.25) is 5.04 Å². The highest BCUT2D eigenvalue weighted by atomic mass is 35.5. The van der Waals surface area contributed by atoms with Gasteiger partial charge in [-0.15, -0.1) is 11.6 Å². The molecule has 0 aromatic rings. The van der Waals surface area contributed by atoms with Gasteiger partial charge in [0, 0.05) is 15.0 Å². The van der Waals surface area contributed by atoms with Crippen molar-refractivity contribution in [3.63, 3.8) is 0 Å². The maximum atomic E-state index is 5.76. The van der Waals surface area contributed by atoms with Crippen LogP contribution in [0.5, 0.6) is 0 Å². The third-order valence-electron chi connectivity index (χ3n) is 2.23. The minimum atomic E-state index is -0.0129. The first-order valence-electron chi connectivity index (χ1n) is 4.68. The lowest BCUT2D eigenvalue weighted by Crippen LogP contribution is -2.14. The molecule has 0 aromatic carbocycles. The van der Waals surface area contributed by atoms with Crippen molar-refractivity contribution in [2.45, 2.75) is 51.5 Å². The van der Waals surface area contributed by atoms with Gasteiger partial charge in [0.15, 0.2) is 0 Å². The zero-order valence-corrected chi connectivity index (χ0v) is 10.3. The highest BCUT2D eigenvalue weighted by Gasteiger charge is 2.16. The van der Waals surface area contributed by atoms with Gasteiger partial charge in [0.1, 0.15) is 0 Å². The summed E-state index contributed by atoms with van der Waals surface area (Å²) >= 11 is 5.76. The van der Waals surface area contributed by atoms with E-state index in [0.717, 1.165) is 5.50 Å². The fourth-order valence-corrected chi connectivity index (χ4v) is 3.78. The number of halogens is 1. The molecule has 0 radical (unpaired) electrons. The zero-order chi connectivity index (χ0) is 8.74. The maximum Gasteiger partial charge on any atom is 0.0440 e. The molecule has 0 saturated carbocycles. The van der Waals surface area contributed by atoms with E-state index in [1.807, 2.05) is 0 Å².